The molecule has 0 spiro atoms. The fraction of sp³-hybridized carbons (Fsp3) is 0. The zero-order valence-corrected chi connectivity index (χ0v) is 21.0. The molecule has 0 saturated heterocycles. The maximum absolute atomic E-state index is 14.1. The zero-order chi connectivity index (χ0) is 26.5. The molecule has 5 aromatic carbocycles. The third kappa shape index (κ3) is 3.81. The normalized spacial score (nSPS) is 11.3. The smallest absolute Gasteiger partial charge is 0.144 e. The fourth-order valence-corrected chi connectivity index (χ4v) is 5.57. The van der Waals surface area contributed by atoms with Crippen LogP contribution in [0.25, 0.3) is 66.2 Å². The lowest BCUT2D eigenvalue weighted by Crippen LogP contribution is -1.92. The van der Waals surface area contributed by atoms with Crippen LogP contribution in [0.2, 0.25) is 0 Å². The molecule has 0 atom stereocenters. The van der Waals surface area contributed by atoms with E-state index in [1.54, 1.807) is 6.07 Å². The minimum atomic E-state index is -0.867. The molecule has 4 nitrogen and oxygen atoms in total. The molecule has 0 fully saturated rings. The quantitative estimate of drug-likeness (QED) is 0.216. The van der Waals surface area contributed by atoms with E-state index in [9.17, 15) is 8.78 Å². The molecule has 0 unspecified atom stereocenters. The first-order valence-electron chi connectivity index (χ1n) is 12.1. The molecule has 0 bridgehead atoms. The second-order valence-electron chi connectivity index (χ2n) is 9.18. The fourth-order valence-electron chi connectivity index (χ4n) is 5.03. The van der Waals surface area contributed by atoms with E-state index in [0.717, 1.165) is 55.1 Å². The van der Waals surface area contributed by atoms with Crippen LogP contribution in [0.5, 0.6) is 0 Å². The highest BCUT2D eigenvalue weighted by Crippen LogP contribution is 2.37. The number of rotatable bonds is 3. The Morgan fingerprint density at radius 3 is 1.90 bits per heavy atom. The summed E-state index contributed by atoms with van der Waals surface area (Å²) in [5, 5.41) is 12.0. The Bertz CT molecular complexity index is 2070. The van der Waals surface area contributed by atoms with Gasteiger partial charge in [-0.2, -0.15) is 14.0 Å². The largest absolute Gasteiger partial charge is 0.247 e. The number of nitriles is 1. The van der Waals surface area contributed by atoms with E-state index in [4.69, 9.17) is 10.2 Å². The first kappa shape index (κ1) is 23.1. The maximum atomic E-state index is 14.1. The number of hydrogen-bond acceptors (Lipinski definition) is 5. The number of para-hydroxylation sites is 1. The average Bonchev–Trinajstić information content (AvgIpc) is 3.46. The van der Waals surface area contributed by atoms with Gasteiger partial charge in [0.05, 0.1) is 22.9 Å². The second-order valence-corrected chi connectivity index (χ2v) is 9.71. The molecule has 0 amide bonds. The van der Waals surface area contributed by atoms with Crippen molar-refractivity contribution in [2.45, 2.75) is 0 Å². The molecule has 0 saturated carbocycles. The Hall–Kier alpha value is -5.06. The van der Waals surface area contributed by atoms with Crippen molar-refractivity contribution in [3.05, 3.63) is 114 Å². The molecule has 2 heterocycles. The Labute approximate surface area is 225 Å². The number of hydrogen-bond donors (Lipinski definition) is 0. The molecule has 7 rings (SSSR count). The summed E-state index contributed by atoms with van der Waals surface area (Å²) in [7, 11) is 0. The van der Waals surface area contributed by atoms with Crippen LogP contribution in [0.4, 0.5) is 8.78 Å². The van der Waals surface area contributed by atoms with E-state index >= 15 is 0 Å². The summed E-state index contributed by atoms with van der Waals surface area (Å²) in [6, 6.07) is 31.7. The maximum Gasteiger partial charge on any atom is 0.144 e. The van der Waals surface area contributed by atoms with Gasteiger partial charge in [0.2, 0.25) is 0 Å². The van der Waals surface area contributed by atoms with Crippen molar-refractivity contribution < 1.29 is 8.78 Å². The zero-order valence-electron chi connectivity index (χ0n) is 20.2. The number of pyridine rings is 1. The summed E-state index contributed by atoms with van der Waals surface area (Å²) in [5.74, 6) is -1.73. The van der Waals surface area contributed by atoms with Gasteiger partial charge in [0.15, 0.2) is 0 Å². The van der Waals surface area contributed by atoms with E-state index < -0.39 is 17.2 Å². The predicted octanol–water partition coefficient (Wildman–Crippen LogP) is 8.54. The van der Waals surface area contributed by atoms with Crippen LogP contribution in [-0.4, -0.2) is 13.7 Å². The van der Waals surface area contributed by atoms with Crippen LogP contribution in [-0.2, 0) is 0 Å². The topological polar surface area (TPSA) is 62.5 Å². The van der Waals surface area contributed by atoms with Crippen LogP contribution in [0.3, 0.4) is 0 Å². The van der Waals surface area contributed by atoms with Crippen molar-refractivity contribution in [2.75, 3.05) is 0 Å². The number of benzene rings is 5. The molecular formula is C32H16F2N4S. The standard InChI is InChI=1S/C32H16F2N4S/c33-26-15-22(16-27(34)25(26)17-35)20-7-5-18(6-8-20)19-9-11-21(12-10-19)31-24-13-14-29-32(38-39-37-29)30(24)23-3-1-2-4-28(23)36-31/h1-16H. The van der Waals surface area contributed by atoms with Gasteiger partial charge in [0.25, 0.3) is 0 Å². The van der Waals surface area contributed by atoms with Crippen molar-refractivity contribution in [2.24, 2.45) is 0 Å². The SMILES string of the molecule is N#Cc1c(F)cc(-c2ccc(-c3ccc(-c4nc5ccccc5c5c4ccc4nsnc45)cc3)cc2)cc1F. The van der Waals surface area contributed by atoms with Crippen LogP contribution in [0.15, 0.2) is 97.1 Å². The van der Waals surface area contributed by atoms with Gasteiger partial charge >= 0.3 is 0 Å². The lowest BCUT2D eigenvalue weighted by Gasteiger charge is -2.11. The van der Waals surface area contributed by atoms with Crippen molar-refractivity contribution in [3.63, 3.8) is 0 Å². The summed E-state index contributed by atoms with van der Waals surface area (Å²) in [6.45, 7) is 0. The van der Waals surface area contributed by atoms with Crippen molar-refractivity contribution in [3.8, 4) is 39.6 Å². The summed E-state index contributed by atoms with van der Waals surface area (Å²) >= 11 is 1.21. The molecule has 2 aromatic heterocycles. The van der Waals surface area contributed by atoms with Crippen molar-refractivity contribution in [1.82, 2.24) is 13.7 Å². The van der Waals surface area contributed by atoms with Gasteiger partial charge in [-0.3, -0.25) is 0 Å². The van der Waals surface area contributed by atoms with Gasteiger partial charge in [-0.05, 0) is 52.6 Å². The molecule has 184 valence electrons. The Balaban J connectivity index is 1.27. The molecule has 7 heteroatoms. The van der Waals surface area contributed by atoms with Gasteiger partial charge in [-0.25, -0.2) is 13.8 Å². The predicted molar refractivity (Wildman–Crippen MR) is 151 cm³/mol. The van der Waals surface area contributed by atoms with Crippen molar-refractivity contribution >= 4 is 44.4 Å². The summed E-state index contributed by atoms with van der Waals surface area (Å²) in [6.07, 6.45) is 0. The molecular weight excluding hydrogens is 510 g/mol. The highest BCUT2D eigenvalue weighted by Gasteiger charge is 2.15. The van der Waals surface area contributed by atoms with Crippen LogP contribution in [0.1, 0.15) is 5.56 Å². The van der Waals surface area contributed by atoms with E-state index in [1.165, 1.54) is 23.9 Å². The van der Waals surface area contributed by atoms with Crippen LogP contribution >= 0.6 is 11.7 Å². The molecule has 0 aliphatic heterocycles. The first-order valence-corrected chi connectivity index (χ1v) is 12.9. The summed E-state index contributed by atoms with van der Waals surface area (Å²) < 4.78 is 37.2. The molecule has 0 N–H and O–H groups in total. The van der Waals surface area contributed by atoms with Gasteiger partial charge < -0.3 is 0 Å². The highest BCUT2D eigenvalue weighted by molar-refractivity contribution is 7.00. The monoisotopic (exact) mass is 526 g/mol. The number of fused-ring (bicyclic) bond motifs is 5. The minimum absolute atomic E-state index is 0.379. The third-order valence-corrected chi connectivity index (χ3v) is 7.50. The van der Waals surface area contributed by atoms with Gasteiger partial charge in [-0.1, -0.05) is 66.7 Å². The van der Waals surface area contributed by atoms with E-state index in [0.29, 0.717) is 11.1 Å². The minimum Gasteiger partial charge on any atom is -0.247 e. The summed E-state index contributed by atoms with van der Waals surface area (Å²) in [4.78, 5) is 5.01. The van der Waals surface area contributed by atoms with Crippen LogP contribution in [0, 0.1) is 23.0 Å². The molecule has 0 radical (unpaired) electrons. The Morgan fingerprint density at radius 2 is 1.23 bits per heavy atom. The van der Waals surface area contributed by atoms with E-state index in [2.05, 4.69) is 33.0 Å². The first-order chi connectivity index (χ1) is 19.1. The number of aromatic nitrogens is 3. The van der Waals surface area contributed by atoms with Crippen LogP contribution < -0.4 is 0 Å². The van der Waals surface area contributed by atoms with E-state index in [1.807, 2.05) is 60.7 Å². The Kier molecular flexibility index (Phi) is 5.36. The van der Waals surface area contributed by atoms with Gasteiger partial charge in [0, 0.05) is 21.7 Å². The van der Waals surface area contributed by atoms with Gasteiger partial charge in [-0.15, -0.1) is 0 Å². The molecule has 39 heavy (non-hydrogen) atoms. The Morgan fingerprint density at radius 1 is 0.615 bits per heavy atom. The van der Waals surface area contributed by atoms with Crippen molar-refractivity contribution in [1.29, 1.82) is 5.26 Å². The molecule has 7 aromatic rings. The van der Waals surface area contributed by atoms with E-state index in [-0.39, 0.29) is 0 Å². The molecule has 0 aliphatic rings. The average molecular weight is 527 g/mol. The molecule has 0 aliphatic carbocycles. The second kappa shape index (κ2) is 9.05. The number of nitrogens with zero attached hydrogens (tertiary/aromatic N) is 4. The highest BCUT2D eigenvalue weighted by atomic mass is 32.1. The van der Waals surface area contributed by atoms with Gasteiger partial charge in [0.1, 0.15) is 34.3 Å². The lowest BCUT2D eigenvalue weighted by atomic mass is 9.96. The summed E-state index contributed by atoms with van der Waals surface area (Å²) in [5.41, 5.74) is 6.95. The third-order valence-electron chi connectivity index (χ3n) is 6.95. The lowest BCUT2D eigenvalue weighted by molar-refractivity contribution is 0.577. The number of halogens is 2.